The number of halogens is 1. The summed E-state index contributed by atoms with van der Waals surface area (Å²) in [4.78, 5) is 13.8. The number of amides is 1. The van der Waals surface area contributed by atoms with Gasteiger partial charge in [0.15, 0.2) is 0 Å². The molecule has 1 heterocycles. The quantitative estimate of drug-likeness (QED) is 0.652. The van der Waals surface area contributed by atoms with Crippen LogP contribution in [0.5, 0.6) is 0 Å². The molecule has 0 aromatic carbocycles. The Kier molecular flexibility index (Phi) is 3.38. The maximum Gasteiger partial charge on any atom is 0.238 e. The summed E-state index contributed by atoms with van der Waals surface area (Å²) < 4.78 is -0.399. The fourth-order valence-electron chi connectivity index (χ4n) is 1.75. The van der Waals surface area contributed by atoms with Crippen molar-refractivity contribution in [1.29, 1.82) is 0 Å². The summed E-state index contributed by atoms with van der Waals surface area (Å²) in [6, 6.07) is 0. The molecule has 0 aromatic rings. The largest absolute Gasteiger partial charge is 0.341 e. The van der Waals surface area contributed by atoms with Crippen LogP contribution in [0, 0.1) is 5.92 Å². The minimum Gasteiger partial charge on any atom is -0.341 e. The maximum absolute atomic E-state index is 11.8. The van der Waals surface area contributed by atoms with Gasteiger partial charge in [0.1, 0.15) is 0 Å². The zero-order valence-corrected chi connectivity index (χ0v) is 10.2. The Morgan fingerprint density at radius 2 is 2.15 bits per heavy atom. The second-order valence-corrected chi connectivity index (χ2v) is 6.45. The van der Waals surface area contributed by atoms with E-state index < -0.39 is 4.32 Å². The molecular formula is C10H18BrNO. The molecule has 0 radical (unpaired) electrons. The number of nitrogens with zero attached hydrogens (tertiary/aromatic N) is 1. The Morgan fingerprint density at radius 3 is 2.62 bits per heavy atom. The van der Waals surface area contributed by atoms with Crippen LogP contribution in [-0.2, 0) is 4.79 Å². The number of rotatable bonds is 1. The van der Waals surface area contributed by atoms with Gasteiger partial charge < -0.3 is 4.90 Å². The predicted molar refractivity (Wildman–Crippen MR) is 58.0 cm³/mol. The van der Waals surface area contributed by atoms with Crippen LogP contribution < -0.4 is 0 Å². The molecule has 0 bridgehead atoms. The van der Waals surface area contributed by atoms with Gasteiger partial charge in [-0.25, -0.2) is 0 Å². The predicted octanol–water partition coefficient (Wildman–Crippen LogP) is 2.42. The van der Waals surface area contributed by atoms with Gasteiger partial charge in [-0.2, -0.15) is 0 Å². The lowest BCUT2D eigenvalue weighted by Crippen LogP contribution is -2.46. The number of alkyl halides is 1. The average molecular weight is 248 g/mol. The molecule has 1 fully saturated rings. The third-order valence-corrected chi connectivity index (χ3v) is 2.79. The Balaban J connectivity index is 2.56. The van der Waals surface area contributed by atoms with Crippen LogP contribution in [0.1, 0.15) is 33.6 Å². The van der Waals surface area contributed by atoms with Crippen molar-refractivity contribution in [2.75, 3.05) is 13.1 Å². The SMILES string of the molecule is C[C@@H]1CCCN(C(=O)C(C)(C)Br)C1. The van der Waals surface area contributed by atoms with Crippen molar-refractivity contribution in [3.63, 3.8) is 0 Å². The van der Waals surface area contributed by atoms with Gasteiger partial charge in [-0.3, -0.25) is 4.79 Å². The first-order valence-corrected chi connectivity index (χ1v) is 5.69. The molecule has 2 nitrogen and oxygen atoms in total. The second-order valence-electron chi connectivity index (χ2n) is 4.47. The molecule has 0 spiro atoms. The number of likely N-dealkylation sites (tertiary alicyclic amines) is 1. The van der Waals surface area contributed by atoms with Crippen molar-refractivity contribution >= 4 is 21.8 Å². The van der Waals surface area contributed by atoms with E-state index in [-0.39, 0.29) is 5.91 Å². The molecule has 13 heavy (non-hydrogen) atoms. The van der Waals surface area contributed by atoms with Crippen LogP contribution >= 0.6 is 15.9 Å². The zero-order valence-electron chi connectivity index (χ0n) is 8.64. The third kappa shape index (κ3) is 2.97. The van der Waals surface area contributed by atoms with Crippen LogP contribution in [-0.4, -0.2) is 28.2 Å². The van der Waals surface area contributed by atoms with Gasteiger partial charge in [0.2, 0.25) is 5.91 Å². The van der Waals surface area contributed by atoms with E-state index in [1.54, 1.807) is 0 Å². The molecule has 0 N–H and O–H groups in total. The van der Waals surface area contributed by atoms with Crippen molar-refractivity contribution in [2.45, 2.75) is 37.9 Å². The van der Waals surface area contributed by atoms with E-state index >= 15 is 0 Å². The summed E-state index contributed by atoms with van der Waals surface area (Å²) >= 11 is 3.41. The van der Waals surface area contributed by atoms with Crippen molar-refractivity contribution in [3.05, 3.63) is 0 Å². The molecule has 1 aliphatic rings. The minimum absolute atomic E-state index is 0.221. The van der Waals surface area contributed by atoms with Crippen LogP contribution in [0.3, 0.4) is 0 Å². The van der Waals surface area contributed by atoms with Gasteiger partial charge in [-0.05, 0) is 32.6 Å². The monoisotopic (exact) mass is 247 g/mol. The minimum atomic E-state index is -0.399. The van der Waals surface area contributed by atoms with E-state index in [0.717, 1.165) is 19.5 Å². The fraction of sp³-hybridized carbons (Fsp3) is 0.900. The smallest absolute Gasteiger partial charge is 0.238 e. The molecule has 1 aliphatic heterocycles. The van der Waals surface area contributed by atoms with Crippen LogP contribution in [0.4, 0.5) is 0 Å². The Labute approximate surface area is 88.8 Å². The van der Waals surface area contributed by atoms with Crippen molar-refractivity contribution in [3.8, 4) is 0 Å². The highest BCUT2D eigenvalue weighted by Crippen LogP contribution is 2.23. The van der Waals surface area contributed by atoms with Crippen LogP contribution in [0.2, 0.25) is 0 Å². The Hall–Kier alpha value is -0.0500. The first-order valence-electron chi connectivity index (χ1n) is 4.89. The normalized spacial score (nSPS) is 24.6. The summed E-state index contributed by atoms with van der Waals surface area (Å²) in [5, 5.41) is 0. The molecule has 0 aromatic heterocycles. The van der Waals surface area contributed by atoms with E-state index in [1.165, 1.54) is 6.42 Å². The van der Waals surface area contributed by atoms with E-state index in [1.807, 2.05) is 18.7 Å². The Bertz CT molecular complexity index is 198. The molecule has 0 aliphatic carbocycles. The topological polar surface area (TPSA) is 20.3 Å². The Morgan fingerprint density at radius 1 is 1.54 bits per heavy atom. The lowest BCUT2D eigenvalue weighted by molar-refractivity contribution is -0.134. The first kappa shape index (κ1) is 11.0. The number of carbonyl (C=O) groups excluding carboxylic acids is 1. The van der Waals surface area contributed by atoms with Crippen molar-refractivity contribution in [1.82, 2.24) is 4.90 Å². The molecule has 1 amide bonds. The fourth-order valence-corrected chi connectivity index (χ4v) is 2.00. The van der Waals surface area contributed by atoms with E-state index in [4.69, 9.17) is 0 Å². The van der Waals surface area contributed by atoms with Gasteiger partial charge >= 0.3 is 0 Å². The number of piperidine rings is 1. The standard InChI is InChI=1S/C10H18BrNO/c1-8-5-4-6-12(7-8)9(13)10(2,3)11/h8H,4-7H2,1-3H3/t8-/m1/s1. The van der Waals surface area contributed by atoms with Crippen molar-refractivity contribution < 1.29 is 4.79 Å². The summed E-state index contributed by atoms with van der Waals surface area (Å²) in [6.45, 7) is 7.88. The van der Waals surface area contributed by atoms with Crippen LogP contribution in [0.15, 0.2) is 0 Å². The number of hydrogen-bond acceptors (Lipinski definition) is 1. The molecule has 1 saturated heterocycles. The molecule has 0 unspecified atom stereocenters. The first-order chi connectivity index (χ1) is 5.91. The highest BCUT2D eigenvalue weighted by atomic mass is 79.9. The molecule has 3 heteroatoms. The van der Waals surface area contributed by atoms with E-state index in [0.29, 0.717) is 5.92 Å². The van der Waals surface area contributed by atoms with Gasteiger partial charge in [-0.15, -0.1) is 0 Å². The zero-order chi connectivity index (χ0) is 10.1. The molecule has 1 rings (SSSR count). The summed E-state index contributed by atoms with van der Waals surface area (Å²) in [6.07, 6.45) is 2.41. The lowest BCUT2D eigenvalue weighted by Gasteiger charge is -2.34. The van der Waals surface area contributed by atoms with E-state index in [9.17, 15) is 4.79 Å². The highest BCUT2D eigenvalue weighted by molar-refractivity contribution is 9.10. The lowest BCUT2D eigenvalue weighted by atomic mass is 9.99. The van der Waals surface area contributed by atoms with Crippen LogP contribution in [0.25, 0.3) is 0 Å². The van der Waals surface area contributed by atoms with Gasteiger partial charge in [0.25, 0.3) is 0 Å². The molecular weight excluding hydrogens is 230 g/mol. The highest BCUT2D eigenvalue weighted by Gasteiger charge is 2.31. The van der Waals surface area contributed by atoms with Gasteiger partial charge in [0, 0.05) is 13.1 Å². The molecule has 0 saturated carbocycles. The third-order valence-electron chi connectivity index (χ3n) is 2.45. The molecule has 1 atom stereocenters. The molecule has 76 valence electrons. The van der Waals surface area contributed by atoms with Gasteiger partial charge in [-0.1, -0.05) is 22.9 Å². The van der Waals surface area contributed by atoms with Crippen molar-refractivity contribution in [2.24, 2.45) is 5.92 Å². The maximum atomic E-state index is 11.8. The summed E-state index contributed by atoms with van der Waals surface area (Å²) in [5.74, 6) is 0.881. The number of hydrogen-bond donors (Lipinski definition) is 0. The number of carbonyl (C=O) groups is 1. The second kappa shape index (κ2) is 3.99. The average Bonchev–Trinajstić information content (AvgIpc) is 2.01. The van der Waals surface area contributed by atoms with E-state index in [2.05, 4.69) is 22.9 Å². The summed E-state index contributed by atoms with van der Waals surface area (Å²) in [5.41, 5.74) is 0. The van der Waals surface area contributed by atoms with Gasteiger partial charge in [0.05, 0.1) is 4.32 Å². The summed E-state index contributed by atoms with van der Waals surface area (Å²) in [7, 11) is 0.